The number of sulfonamides is 1. The number of anilines is 1. The molecule has 0 bridgehead atoms. The SMILES string of the molecule is CCCC(N)C(=O)Nc1cccc(S(=O)(=O)N2CCNC(=O)C2)c1.Cl. The number of benzene rings is 1. The third kappa shape index (κ3) is 5.40. The zero-order valence-electron chi connectivity index (χ0n) is 13.9. The fraction of sp³-hybridized carbons (Fsp3) is 0.467. The van der Waals surface area contributed by atoms with E-state index in [0.29, 0.717) is 12.1 Å². The monoisotopic (exact) mass is 390 g/mol. The van der Waals surface area contributed by atoms with E-state index in [0.717, 1.165) is 10.7 Å². The number of hydrogen-bond donors (Lipinski definition) is 3. The summed E-state index contributed by atoms with van der Waals surface area (Å²) in [6.07, 6.45) is 1.33. The van der Waals surface area contributed by atoms with Crippen molar-refractivity contribution in [1.29, 1.82) is 0 Å². The van der Waals surface area contributed by atoms with Gasteiger partial charge in [-0.05, 0) is 24.6 Å². The first-order valence-electron chi connectivity index (χ1n) is 7.78. The van der Waals surface area contributed by atoms with E-state index < -0.39 is 16.1 Å². The number of nitrogens with one attached hydrogen (secondary N) is 2. The van der Waals surface area contributed by atoms with Crippen molar-refractivity contribution in [2.45, 2.75) is 30.7 Å². The molecule has 1 heterocycles. The largest absolute Gasteiger partial charge is 0.354 e. The summed E-state index contributed by atoms with van der Waals surface area (Å²) in [5, 5.41) is 5.21. The number of piperazine rings is 1. The molecule has 0 spiro atoms. The summed E-state index contributed by atoms with van der Waals surface area (Å²) in [6, 6.07) is 5.30. The van der Waals surface area contributed by atoms with Gasteiger partial charge in [-0.3, -0.25) is 9.59 Å². The van der Waals surface area contributed by atoms with Crippen LogP contribution in [-0.2, 0) is 19.6 Å². The van der Waals surface area contributed by atoms with Crippen LogP contribution in [0, 0.1) is 0 Å². The first-order chi connectivity index (χ1) is 11.3. The van der Waals surface area contributed by atoms with E-state index in [2.05, 4.69) is 10.6 Å². The summed E-state index contributed by atoms with van der Waals surface area (Å²) in [6.45, 7) is 2.21. The molecule has 0 aliphatic carbocycles. The molecule has 1 atom stereocenters. The molecule has 1 aromatic rings. The Hall–Kier alpha value is -1.68. The van der Waals surface area contributed by atoms with Gasteiger partial charge < -0.3 is 16.4 Å². The van der Waals surface area contributed by atoms with E-state index in [4.69, 9.17) is 5.73 Å². The van der Waals surface area contributed by atoms with Crippen molar-refractivity contribution in [3.05, 3.63) is 24.3 Å². The standard InChI is InChI=1S/C15H22N4O4S.ClH/c1-2-4-13(16)15(21)18-11-5-3-6-12(9-11)24(22,23)19-8-7-17-14(20)10-19;/h3,5-6,9,13H,2,4,7-8,10,16H2,1H3,(H,17,20)(H,18,21);1H. The first-order valence-corrected chi connectivity index (χ1v) is 9.22. The van der Waals surface area contributed by atoms with Crippen LogP contribution in [0.5, 0.6) is 0 Å². The number of hydrogen-bond acceptors (Lipinski definition) is 5. The Morgan fingerprint density at radius 3 is 2.80 bits per heavy atom. The fourth-order valence-electron chi connectivity index (χ4n) is 2.38. The summed E-state index contributed by atoms with van der Waals surface area (Å²) in [7, 11) is -3.79. The van der Waals surface area contributed by atoms with Gasteiger partial charge in [0.15, 0.2) is 0 Å². The predicted molar refractivity (Wildman–Crippen MR) is 97.0 cm³/mol. The Labute approximate surface area is 153 Å². The van der Waals surface area contributed by atoms with E-state index in [9.17, 15) is 18.0 Å². The second-order valence-corrected chi connectivity index (χ2v) is 7.54. The molecule has 2 amide bonds. The number of nitrogens with two attached hydrogens (primary N) is 1. The average molecular weight is 391 g/mol. The Morgan fingerprint density at radius 1 is 1.44 bits per heavy atom. The minimum absolute atomic E-state index is 0. The van der Waals surface area contributed by atoms with Crippen LogP contribution in [0.4, 0.5) is 5.69 Å². The van der Waals surface area contributed by atoms with Gasteiger partial charge in [0.05, 0.1) is 17.5 Å². The van der Waals surface area contributed by atoms with Gasteiger partial charge in [0.1, 0.15) is 0 Å². The van der Waals surface area contributed by atoms with Gasteiger partial charge in [-0.1, -0.05) is 19.4 Å². The summed E-state index contributed by atoms with van der Waals surface area (Å²) in [5.41, 5.74) is 6.10. The van der Waals surface area contributed by atoms with Gasteiger partial charge in [-0.2, -0.15) is 4.31 Å². The maximum Gasteiger partial charge on any atom is 0.243 e. The third-order valence-corrected chi connectivity index (χ3v) is 5.52. The van der Waals surface area contributed by atoms with Gasteiger partial charge in [0.25, 0.3) is 0 Å². The highest BCUT2D eigenvalue weighted by Crippen LogP contribution is 2.20. The summed E-state index contributed by atoms with van der Waals surface area (Å²) >= 11 is 0. The minimum Gasteiger partial charge on any atom is -0.354 e. The zero-order valence-corrected chi connectivity index (χ0v) is 15.5. The highest BCUT2D eigenvalue weighted by atomic mass is 35.5. The topological polar surface area (TPSA) is 122 Å². The predicted octanol–water partition coefficient (Wildman–Crippen LogP) is 0.295. The molecule has 1 saturated heterocycles. The number of halogens is 1. The van der Waals surface area contributed by atoms with Crippen molar-refractivity contribution >= 4 is 39.9 Å². The summed E-state index contributed by atoms with van der Waals surface area (Å²) in [5.74, 6) is -0.691. The van der Waals surface area contributed by atoms with Crippen LogP contribution in [-0.4, -0.2) is 50.2 Å². The fourth-order valence-corrected chi connectivity index (χ4v) is 3.82. The van der Waals surface area contributed by atoms with Crippen molar-refractivity contribution in [1.82, 2.24) is 9.62 Å². The molecule has 1 aliphatic heterocycles. The molecule has 10 heteroatoms. The van der Waals surface area contributed by atoms with Crippen molar-refractivity contribution in [3.8, 4) is 0 Å². The van der Waals surface area contributed by atoms with Gasteiger partial charge in [0.2, 0.25) is 21.8 Å². The van der Waals surface area contributed by atoms with Crippen LogP contribution >= 0.6 is 12.4 Å². The van der Waals surface area contributed by atoms with Crippen LogP contribution in [0.2, 0.25) is 0 Å². The van der Waals surface area contributed by atoms with E-state index in [1.807, 2.05) is 6.92 Å². The Balaban J connectivity index is 0.00000312. The molecule has 0 radical (unpaired) electrons. The first kappa shape index (κ1) is 21.4. The van der Waals surface area contributed by atoms with Crippen LogP contribution in [0.1, 0.15) is 19.8 Å². The van der Waals surface area contributed by atoms with Crippen LogP contribution < -0.4 is 16.4 Å². The smallest absolute Gasteiger partial charge is 0.243 e. The molecule has 8 nitrogen and oxygen atoms in total. The van der Waals surface area contributed by atoms with E-state index in [1.165, 1.54) is 18.2 Å². The van der Waals surface area contributed by atoms with Crippen molar-refractivity contribution in [3.63, 3.8) is 0 Å². The van der Waals surface area contributed by atoms with Gasteiger partial charge in [-0.15, -0.1) is 12.4 Å². The molecule has 0 saturated carbocycles. The maximum atomic E-state index is 12.6. The number of carbonyl (C=O) groups is 2. The van der Waals surface area contributed by atoms with Gasteiger partial charge >= 0.3 is 0 Å². The highest BCUT2D eigenvalue weighted by Gasteiger charge is 2.29. The molecule has 0 aromatic heterocycles. The highest BCUT2D eigenvalue weighted by molar-refractivity contribution is 7.89. The zero-order chi connectivity index (χ0) is 17.7. The molecular weight excluding hydrogens is 368 g/mol. The van der Waals surface area contributed by atoms with Gasteiger partial charge in [0, 0.05) is 18.8 Å². The molecule has 1 fully saturated rings. The van der Waals surface area contributed by atoms with Gasteiger partial charge in [-0.25, -0.2) is 8.42 Å². The average Bonchev–Trinajstić information content (AvgIpc) is 2.55. The van der Waals surface area contributed by atoms with Crippen molar-refractivity contribution in [2.24, 2.45) is 5.73 Å². The number of rotatable bonds is 6. The molecule has 2 rings (SSSR count). The number of nitrogens with zero attached hydrogens (tertiary/aromatic N) is 1. The summed E-state index contributed by atoms with van der Waals surface area (Å²) < 4.78 is 26.4. The van der Waals surface area contributed by atoms with Crippen molar-refractivity contribution in [2.75, 3.05) is 25.0 Å². The molecule has 4 N–H and O–H groups in total. The number of amides is 2. The van der Waals surface area contributed by atoms with Crippen molar-refractivity contribution < 1.29 is 18.0 Å². The Morgan fingerprint density at radius 2 is 2.16 bits per heavy atom. The molecule has 1 aliphatic rings. The lowest BCUT2D eigenvalue weighted by molar-refractivity contribution is -0.122. The lowest BCUT2D eigenvalue weighted by atomic mass is 10.1. The lowest BCUT2D eigenvalue weighted by Crippen LogP contribution is -2.49. The van der Waals surface area contributed by atoms with Crippen LogP contribution in [0.25, 0.3) is 0 Å². The van der Waals surface area contributed by atoms with E-state index in [1.54, 1.807) is 6.07 Å². The minimum atomic E-state index is -3.79. The molecular formula is C15H23ClN4O4S. The third-order valence-electron chi connectivity index (χ3n) is 3.68. The van der Waals surface area contributed by atoms with E-state index >= 15 is 0 Å². The van der Waals surface area contributed by atoms with Crippen LogP contribution in [0.3, 0.4) is 0 Å². The quantitative estimate of drug-likeness (QED) is 0.644. The Bertz CT molecular complexity index is 726. The molecule has 25 heavy (non-hydrogen) atoms. The Kier molecular flexibility index (Phi) is 7.81. The summed E-state index contributed by atoms with van der Waals surface area (Å²) in [4.78, 5) is 23.4. The number of carbonyl (C=O) groups excluding carboxylic acids is 2. The van der Waals surface area contributed by atoms with E-state index in [-0.39, 0.29) is 48.8 Å². The second-order valence-electron chi connectivity index (χ2n) is 5.60. The van der Waals surface area contributed by atoms with Crippen LogP contribution in [0.15, 0.2) is 29.2 Å². The molecule has 140 valence electrons. The normalized spacial score (nSPS) is 16.5. The lowest BCUT2D eigenvalue weighted by Gasteiger charge is -2.26. The maximum absolute atomic E-state index is 12.6. The molecule has 1 unspecified atom stereocenters. The molecule has 1 aromatic carbocycles. The second kappa shape index (κ2) is 9.14.